The molecule has 2 aromatic rings. The smallest absolute Gasteiger partial charge is 0.167 e. The maximum atomic E-state index is 12.5. The molecule has 2 aromatic carbocycles. The number of carbonyl (C=O) groups is 1. The molecule has 2 heteroatoms. The van der Waals surface area contributed by atoms with Crippen molar-refractivity contribution >= 4 is 11.5 Å². The Balaban J connectivity index is 1.88. The summed E-state index contributed by atoms with van der Waals surface area (Å²) >= 11 is 0. The van der Waals surface area contributed by atoms with Crippen molar-refractivity contribution in [2.45, 2.75) is 19.3 Å². The van der Waals surface area contributed by atoms with E-state index in [9.17, 15) is 4.79 Å². The molecule has 2 nitrogen and oxygen atoms in total. The van der Waals surface area contributed by atoms with Crippen LogP contribution in [-0.2, 0) is 12.8 Å². The quantitative estimate of drug-likeness (QED) is 0.846. The Morgan fingerprint density at radius 2 is 1.89 bits per heavy atom. The van der Waals surface area contributed by atoms with E-state index in [0.29, 0.717) is 6.42 Å². The first kappa shape index (κ1) is 12.0. The zero-order valence-corrected chi connectivity index (χ0v) is 10.9. The third kappa shape index (κ3) is 2.53. The monoisotopic (exact) mass is 251 g/mol. The number of rotatable bonds is 3. The Bertz CT molecular complexity index is 589. The second-order valence-corrected chi connectivity index (χ2v) is 4.95. The molecular weight excluding hydrogens is 234 g/mol. The van der Waals surface area contributed by atoms with Gasteiger partial charge in [0.1, 0.15) is 0 Å². The third-order valence-electron chi connectivity index (χ3n) is 3.60. The van der Waals surface area contributed by atoms with Gasteiger partial charge in [-0.3, -0.25) is 4.79 Å². The van der Waals surface area contributed by atoms with Crippen LogP contribution < -0.4 is 5.32 Å². The van der Waals surface area contributed by atoms with Crippen LogP contribution in [-0.4, -0.2) is 12.3 Å². The number of fused-ring (bicyclic) bond motifs is 1. The van der Waals surface area contributed by atoms with Gasteiger partial charge in [0, 0.05) is 24.2 Å². The third-order valence-corrected chi connectivity index (χ3v) is 3.60. The summed E-state index contributed by atoms with van der Waals surface area (Å²) in [6.07, 6.45) is 2.58. The van der Waals surface area contributed by atoms with E-state index in [1.165, 1.54) is 5.56 Å². The van der Waals surface area contributed by atoms with Crippen LogP contribution in [0.2, 0.25) is 0 Å². The molecule has 0 bridgehead atoms. The minimum Gasteiger partial charge on any atom is -0.385 e. The highest BCUT2D eigenvalue weighted by Gasteiger charge is 2.17. The summed E-state index contributed by atoms with van der Waals surface area (Å²) in [4.78, 5) is 12.5. The van der Waals surface area contributed by atoms with E-state index in [4.69, 9.17) is 0 Å². The molecule has 0 atom stereocenters. The highest BCUT2D eigenvalue weighted by molar-refractivity contribution is 6.00. The van der Waals surface area contributed by atoms with Crippen LogP contribution in [0, 0.1) is 0 Å². The molecule has 19 heavy (non-hydrogen) atoms. The van der Waals surface area contributed by atoms with E-state index in [2.05, 4.69) is 11.4 Å². The van der Waals surface area contributed by atoms with Crippen LogP contribution >= 0.6 is 0 Å². The maximum absolute atomic E-state index is 12.5. The molecule has 0 saturated carbocycles. The van der Waals surface area contributed by atoms with Gasteiger partial charge in [0.25, 0.3) is 0 Å². The highest BCUT2D eigenvalue weighted by atomic mass is 16.1. The topological polar surface area (TPSA) is 29.1 Å². The van der Waals surface area contributed by atoms with E-state index >= 15 is 0 Å². The normalized spacial score (nSPS) is 13.5. The van der Waals surface area contributed by atoms with Gasteiger partial charge in [0.15, 0.2) is 5.78 Å². The lowest BCUT2D eigenvalue weighted by Gasteiger charge is -2.20. The van der Waals surface area contributed by atoms with Crippen molar-refractivity contribution in [1.82, 2.24) is 0 Å². The molecule has 0 unspecified atom stereocenters. The number of hydrogen-bond donors (Lipinski definition) is 1. The maximum Gasteiger partial charge on any atom is 0.167 e. The summed E-state index contributed by atoms with van der Waals surface area (Å²) in [5.41, 5.74) is 4.28. The Labute approximate surface area is 113 Å². The van der Waals surface area contributed by atoms with E-state index < -0.39 is 0 Å². The molecule has 1 aliphatic rings. The second-order valence-electron chi connectivity index (χ2n) is 4.95. The second kappa shape index (κ2) is 5.27. The highest BCUT2D eigenvalue weighted by Crippen LogP contribution is 2.26. The zero-order valence-electron chi connectivity index (χ0n) is 10.9. The van der Waals surface area contributed by atoms with Crippen LogP contribution in [0.25, 0.3) is 0 Å². The zero-order chi connectivity index (χ0) is 13.1. The van der Waals surface area contributed by atoms with Crippen molar-refractivity contribution in [1.29, 1.82) is 0 Å². The van der Waals surface area contributed by atoms with Crippen molar-refractivity contribution in [3.63, 3.8) is 0 Å². The summed E-state index contributed by atoms with van der Waals surface area (Å²) in [5.74, 6) is 0.215. The Morgan fingerprint density at radius 3 is 2.74 bits per heavy atom. The largest absolute Gasteiger partial charge is 0.385 e. The van der Waals surface area contributed by atoms with Crippen LogP contribution in [0.15, 0.2) is 48.5 Å². The molecule has 0 saturated heterocycles. The van der Waals surface area contributed by atoms with Gasteiger partial charge in [-0.1, -0.05) is 42.5 Å². The molecule has 1 aliphatic heterocycles. The van der Waals surface area contributed by atoms with Crippen molar-refractivity contribution < 1.29 is 4.79 Å². The molecule has 0 fully saturated rings. The van der Waals surface area contributed by atoms with Crippen LogP contribution in [0.1, 0.15) is 27.9 Å². The average molecular weight is 251 g/mol. The van der Waals surface area contributed by atoms with Gasteiger partial charge in [-0.15, -0.1) is 0 Å². The van der Waals surface area contributed by atoms with Gasteiger partial charge in [0.05, 0.1) is 0 Å². The van der Waals surface area contributed by atoms with Crippen molar-refractivity contribution in [3.8, 4) is 0 Å². The molecule has 1 heterocycles. The van der Waals surface area contributed by atoms with Crippen molar-refractivity contribution in [3.05, 3.63) is 65.2 Å². The first-order valence-electron chi connectivity index (χ1n) is 6.77. The number of nitrogens with one attached hydrogen (secondary N) is 1. The van der Waals surface area contributed by atoms with E-state index in [1.54, 1.807) is 0 Å². The molecule has 1 N–H and O–H groups in total. The summed E-state index contributed by atoms with van der Waals surface area (Å²) in [6, 6.07) is 15.9. The van der Waals surface area contributed by atoms with Crippen LogP contribution in [0.5, 0.6) is 0 Å². The summed E-state index contributed by atoms with van der Waals surface area (Å²) in [7, 11) is 0. The lowest BCUT2D eigenvalue weighted by Crippen LogP contribution is -2.16. The fourth-order valence-corrected chi connectivity index (χ4v) is 2.65. The minimum absolute atomic E-state index is 0.215. The lowest BCUT2D eigenvalue weighted by atomic mass is 9.93. The van der Waals surface area contributed by atoms with Gasteiger partial charge in [-0.2, -0.15) is 0 Å². The number of anilines is 1. The average Bonchev–Trinajstić information content (AvgIpc) is 2.47. The first-order chi connectivity index (χ1) is 9.34. The number of carbonyl (C=O) groups excluding carboxylic acids is 1. The molecule has 0 aromatic heterocycles. The Morgan fingerprint density at radius 1 is 1.05 bits per heavy atom. The lowest BCUT2D eigenvalue weighted by molar-refractivity contribution is 0.0992. The number of benzene rings is 2. The molecule has 0 spiro atoms. The van der Waals surface area contributed by atoms with Gasteiger partial charge in [-0.05, 0) is 30.0 Å². The van der Waals surface area contributed by atoms with Crippen LogP contribution in [0.4, 0.5) is 5.69 Å². The number of hydrogen-bond acceptors (Lipinski definition) is 2. The summed E-state index contributed by atoms with van der Waals surface area (Å²) < 4.78 is 0. The van der Waals surface area contributed by atoms with Crippen LogP contribution in [0.3, 0.4) is 0 Å². The van der Waals surface area contributed by atoms with E-state index in [0.717, 1.165) is 36.2 Å². The SMILES string of the molecule is O=C(Cc1ccccc1)c1cccc2c1CCCN2. The van der Waals surface area contributed by atoms with Crippen molar-refractivity contribution in [2.24, 2.45) is 0 Å². The fourth-order valence-electron chi connectivity index (χ4n) is 2.65. The van der Waals surface area contributed by atoms with Gasteiger partial charge < -0.3 is 5.32 Å². The van der Waals surface area contributed by atoms with Gasteiger partial charge in [0.2, 0.25) is 0 Å². The predicted molar refractivity (Wildman–Crippen MR) is 77.7 cm³/mol. The molecule has 0 aliphatic carbocycles. The predicted octanol–water partition coefficient (Wildman–Crippen LogP) is 3.47. The van der Waals surface area contributed by atoms with Gasteiger partial charge in [-0.25, -0.2) is 0 Å². The fraction of sp³-hybridized carbons (Fsp3) is 0.235. The molecule has 0 amide bonds. The molecular formula is C17H17NO. The Hall–Kier alpha value is -2.09. The first-order valence-corrected chi connectivity index (χ1v) is 6.77. The Kier molecular flexibility index (Phi) is 3.32. The van der Waals surface area contributed by atoms with Crippen molar-refractivity contribution in [2.75, 3.05) is 11.9 Å². The molecule has 96 valence electrons. The molecule has 0 radical (unpaired) electrons. The standard InChI is InChI=1S/C17H17NO/c19-17(12-13-6-2-1-3-7-13)15-8-4-10-16-14(15)9-5-11-18-16/h1-4,6-8,10,18H,5,9,11-12H2. The van der Waals surface area contributed by atoms with E-state index in [1.807, 2.05) is 42.5 Å². The number of ketones is 1. The van der Waals surface area contributed by atoms with E-state index in [-0.39, 0.29) is 5.78 Å². The summed E-state index contributed by atoms with van der Waals surface area (Å²) in [6.45, 7) is 1.00. The number of Topliss-reactive ketones (excluding diaryl/α,β-unsaturated/α-hetero) is 1. The minimum atomic E-state index is 0.215. The van der Waals surface area contributed by atoms with Gasteiger partial charge >= 0.3 is 0 Å². The summed E-state index contributed by atoms with van der Waals surface area (Å²) in [5, 5.41) is 3.37. The molecule has 3 rings (SSSR count).